The molecule has 2 aromatic rings. The maximum Gasteiger partial charge on any atom is 0.133 e. The van der Waals surface area contributed by atoms with Crippen LogP contribution in [0.1, 0.15) is 24.0 Å². The molecule has 0 aliphatic carbocycles. The molecule has 1 aromatic heterocycles. The second-order valence-corrected chi connectivity index (χ2v) is 4.93. The average molecular weight is 280 g/mol. The molecular formula is C14H15ClFN3. The van der Waals surface area contributed by atoms with E-state index in [1.807, 2.05) is 13.0 Å². The fourth-order valence-electron chi connectivity index (χ4n) is 1.83. The highest BCUT2D eigenvalue weighted by Crippen LogP contribution is 2.21. The van der Waals surface area contributed by atoms with Gasteiger partial charge in [-0.15, -0.1) is 0 Å². The Bertz CT molecular complexity index is 552. The van der Waals surface area contributed by atoms with Gasteiger partial charge in [0.15, 0.2) is 0 Å². The predicted octanol–water partition coefficient (Wildman–Crippen LogP) is 2.75. The third kappa shape index (κ3) is 3.72. The number of benzene rings is 1. The molecule has 0 amide bonds. The van der Waals surface area contributed by atoms with Crippen molar-refractivity contribution in [3.8, 4) is 0 Å². The van der Waals surface area contributed by atoms with Crippen molar-refractivity contribution in [3.05, 3.63) is 58.4 Å². The van der Waals surface area contributed by atoms with Crippen LogP contribution in [-0.4, -0.2) is 16.0 Å². The quantitative estimate of drug-likeness (QED) is 0.936. The van der Waals surface area contributed by atoms with Gasteiger partial charge in [-0.1, -0.05) is 17.7 Å². The topological polar surface area (TPSA) is 51.8 Å². The molecule has 2 N–H and O–H groups in total. The van der Waals surface area contributed by atoms with Gasteiger partial charge in [0.25, 0.3) is 0 Å². The lowest BCUT2D eigenvalue weighted by molar-refractivity contribution is 0.611. The van der Waals surface area contributed by atoms with E-state index >= 15 is 0 Å². The van der Waals surface area contributed by atoms with E-state index in [4.69, 9.17) is 17.3 Å². The van der Waals surface area contributed by atoms with Crippen LogP contribution in [0.5, 0.6) is 0 Å². The van der Waals surface area contributed by atoms with Crippen molar-refractivity contribution in [1.82, 2.24) is 9.97 Å². The molecule has 0 radical (unpaired) electrons. The molecule has 0 fully saturated rings. The van der Waals surface area contributed by atoms with Crippen LogP contribution >= 0.6 is 11.6 Å². The van der Waals surface area contributed by atoms with Crippen LogP contribution < -0.4 is 5.73 Å². The van der Waals surface area contributed by atoms with E-state index in [1.165, 1.54) is 6.07 Å². The van der Waals surface area contributed by atoms with Crippen molar-refractivity contribution < 1.29 is 4.39 Å². The van der Waals surface area contributed by atoms with Crippen LogP contribution in [0.15, 0.2) is 30.5 Å². The largest absolute Gasteiger partial charge is 0.328 e. The third-order valence-electron chi connectivity index (χ3n) is 2.69. The Labute approximate surface area is 116 Å². The summed E-state index contributed by atoms with van der Waals surface area (Å²) in [5, 5.41) is 0.390. The predicted molar refractivity (Wildman–Crippen MR) is 73.6 cm³/mol. The second kappa shape index (κ2) is 6.08. The SMILES string of the molecule is CC(N)Cc1ccnc(Cc2c(F)cccc2Cl)n1. The highest BCUT2D eigenvalue weighted by atomic mass is 35.5. The zero-order valence-corrected chi connectivity index (χ0v) is 11.4. The Kier molecular flexibility index (Phi) is 4.45. The maximum absolute atomic E-state index is 13.7. The minimum absolute atomic E-state index is 0.0276. The molecule has 1 unspecified atom stereocenters. The van der Waals surface area contributed by atoms with Gasteiger partial charge in [0.05, 0.1) is 0 Å². The van der Waals surface area contributed by atoms with E-state index in [-0.39, 0.29) is 18.3 Å². The van der Waals surface area contributed by atoms with Crippen LogP contribution in [0, 0.1) is 5.82 Å². The Morgan fingerprint density at radius 2 is 2.16 bits per heavy atom. The van der Waals surface area contributed by atoms with Gasteiger partial charge in [-0.2, -0.15) is 0 Å². The van der Waals surface area contributed by atoms with Gasteiger partial charge in [-0.05, 0) is 25.1 Å². The first-order chi connectivity index (χ1) is 9.06. The lowest BCUT2D eigenvalue weighted by Crippen LogP contribution is -2.19. The molecule has 0 bridgehead atoms. The first-order valence-electron chi connectivity index (χ1n) is 6.05. The first kappa shape index (κ1) is 13.9. The van der Waals surface area contributed by atoms with Crippen molar-refractivity contribution in [3.63, 3.8) is 0 Å². The normalized spacial score (nSPS) is 12.4. The van der Waals surface area contributed by atoms with Crippen LogP contribution in [0.2, 0.25) is 5.02 Å². The van der Waals surface area contributed by atoms with E-state index < -0.39 is 0 Å². The summed E-state index contributed by atoms with van der Waals surface area (Å²) in [5.74, 6) is 0.207. The molecule has 100 valence electrons. The monoisotopic (exact) mass is 279 g/mol. The highest BCUT2D eigenvalue weighted by molar-refractivity contribution is 6.31. The third-order valence-corrected chi connectivity index (χ3v) is 3.04. The molecule has 19 heavy (non-hydrogen) atoms. The molecule has 1 aromatic carbocycles. The zero-order valence-electron chi connectivity index (χ0n) is 10.6. The van der Waals surface area contributed by atoms with E-state index in [0.717, 1.165) is 5.69 Å². The zero-order chi connectivity index (χ0) is 13.8. The number of nitrogens with zero attached hydrogens (tertiary/aromatic N) is 2. The van der Waals surface area contributed by atoms with Crippen molar-refractivity contribution in [2.45, 2.75) is 25.8 Å². The second-order valence-electron chi connectivity index (χ2n) is 4.52. The fourth-order valence-corrected chi connectivity index (χ4v) is 2.06. The van der Waals surface area contributed by atoms with E-state index in [2.05, 4.69) is 9.97 Å². The molecule has 0 aliphatic rings. The first-order valence-corrected chi connectivity index (χ1v) is 6.43. The van der Waals surface area contributed by atoms with Crippen LogP contribution in [-0.2, 0) is 12.8 Å². The lowest BCUT2D eigenvalue weighted by atomic mass is 10.1. The molecule has 1 heterocycles. The summed E-state index contributed by atoms with van der Waals surface area (Å²) >= 11 is 5.99. The molecule has 0 spiro atoms. The summed E-state index contributed by atoms with van der Waals surface area (Å²) in [6.45, 7) is 1.91. The number of nitrogens with two attached hydrogens (primary N) is 1. The summed E-state index contributed by atoms with van der Waals surface area (Å²) in [5.41, 5.74) is 7.01. The molecule has 0 saturated heterocycles. The van der Waals surface area contributed by atoms with Gasteiger partial charge in [0.1, 0.15) is 11.6 Å². The molecule has 3 nitrogen and oxygen atoms in total. The summed E-state index contributed by atoms with van der Waals surface area (Å²) in [7, 11) is 0. The minimum Gasteiger partial charge on any atom is -0.328 e. The van der Waals surface area contributed by atoms with Gasteiger partial charge >= 0.3 is 0 Å². The number of halogens is 2. The summed E-state index contributed by atoms with van der Waals surface area (Å²) in [4.78, 5) is 8.52. The molecule has 2 rings (SSSR count). The fraction of sp³-hybridized carbons (Fsp3) is 0.286. The number of hydrogen-bond acceptors (Lipinski definition) is 3. The van der Waals surface area contributed by atoms with Crippen molar-refractivity contribution in [1.29, 1.82) is 0 Å². The van der Waals surface area contributed by atoms with E-state index in [9.17, 15) is 4.39 Å². The van der Waals surface area contributed by atoms with E-state index in [0.29, 0.717) is 22.8 Å². The van der Waals surface area contributed by atoms with Crippen LogP contribution in [0.4, 0.5) is 4.39 Å². The Morgan fingerprint density at radius 3 is 2.84 bits per heavy atom. The molecule has 0 saturated carbocycles. The molecule has 0 aliphatic heterocycles. The molecule has 1 atom stereocenters. The lowest BCUT2D eigenvalue weighted by Gasteiger charge is -2.08. The van der Waals surface area contributed by atoms with E-state index in [1.54, 1.807) is 18.3 Å². The Hall–Kier alpha value is -1.52. The number of hydrogen-bond donors (Lipinski definition) is 1. The van der Waals surface area contributed by atoms with Crippen molar-refractivity contribution in [2.24, 2.45) is 5.73 Å². The standard InChI is InChI=1S/C14H15ClFN3/c1-9(17)7-10-5-6-18-14(19-10)8-11-12(15)3-2-4-13(11)16/h2-6,9H,7-8,17H2,1H3. The van der Waals surface area contributed by atoms with Crippen molar-refractivity contribution >= 4 is 11.6 Å². The van der Waals surface area contributed by atoms with Gasteiger partial charge in [0, 0.05) is 41.4 Å². The van der Waals surface area contributed by atoms with Crippen LogP contribution in [0.3, 0.4) is 0 Å². The average Bonchev–Trinajstić information content (AvgIpc) is 2.34. The van der Waals surface area contributed by atoms with Gasteiger partial charge in [-0.3, -0.25) is 0 Å². The summed E-state index contributed by atoms with van der Waals surface area (Å²) in [6.07, 6.45) is 2.60. The van der Waals surface area contributed by atoms with Gasteiger partial charge in [-0.25, -0.2) is 14.4 Å². The molecule has 5 heteroatoms. The van der Waals surface area contributed by atoms with Crippen LogP contribution in [0.25, 0.3) is 0 Å². The Morgan fingerprint density at radius 1 is 1.37 bits per heavy atom. The van der Waals surface area contributed by atoms with Gasteiger partial charge in [0.2, 0.25) is 0 Å². The smallest absolute Gasteiger partial charge is 0.133 e. The minimum atomic E-state index is -0.339. The Balaban J connectivity index is 2.24. The maximum atomic E-state index is 13.7. The highest BCUT2D eigenvalue weighted by Gasteiger charge is 2.10. The molecular weight excluding hydrogens is 265 g/mol. The summed E-state index contributed by atoms with van der Waals surface area (Å²) in [6, 6.07) is 6.46. The summed E-state index contributed by atoms with van der Waals surface area (Å²) < 4.78 is 13.7. The van der Waals surface area contributed by atoms with Gasteiger partial charge < -0.3 is 5.73 Å². The number of rotatable bonds is 4. The number of aromatic nitrogens is 2. The van der Waals surface area contributed by atoms with Crippen molar-refractivity contribution in [2.75, 3.05) is 0 Å².